The van der Waals surface area contributed by atoms with E-state index in [2.05, 4.69) is 195 Å². The van der Waals surface area contributed by atoms with Crippen LogP contribution in [0.25, 0.3) is 45.5 Å². The molecule has 4 atom stereocenters. The van der Waals surface area contributed by atoms with E-state index in [0.717, 1.165) is 12.8 Å². The zero-order chi connectivity index (χ0) is 40.2. The minimum absolute atomic E-state index is 0.461. The second-order valence-electron chi connectivity index (χ2n) is 18.0. The molecule has 0 saturated heterocycles. The maximum absolute atomic E-state index is 3.17. The Morgan fingerprint density at radius 3 is 1.40 bits per heavy atom. The number of hydrogen-bond acceptors (Lipinski definition) is 0. The van der Waals surface area contributed by atoms with Crippen molar-refractivity contribution in [3.05, 3.63) is 172 Å². The van der Waals surface area contributed by atoms with Gasteiger partial charge in [0.15, 0.2) is 0 Å². The van der Waals surface area contributed by atoms with Crippen LogP contribution in [0.3, 0.4) is 0 Å². The summed E-state index contributed by atoms with van der Waals surface area (Å²) in [4.78, 5) is 0. The molecule has 2 aliphatic carbocycles. The monoisotopic (exact) mass is 939 g/mol. The second-order valence-corrected chi connectivity index (χ2v) is 29.2. The predicted octanol–water partition coefficient (Wildman–Crippen LogP) is 13.0. The third kappa shape index (κ3) is 6.58. The summed E-state index contributed by atoms with van der Waals surface area (Å²) in [6, 6.07) is 50.2. The van der Waals surface area contributed by atoms with E-state index < -0.39 is 31.0 Å². The van der Waals surface area contributed by atoms with E-state index in [9.17, 15) is 0 Å². The molecule has 58 heavy (non-hydrogen) atoms. The summed E-state index contributed by atoms with van der Waals surface area (Å²) in [5.74, 6) is 1.94. The van der Waals surface area contributed by atoms with Gasteiger partial charge in [-0.3, -0.25) is 0 Å². The molecule has 0 nitrogen and oxygen atoms in total. The van der Waals surface area contributed by atoms with Crippen molar-refractivity contribution in [3.63, 3.8) is 0 Å². The summed E-state index contributed by atoms with van der Waals surface area (Å²) in [5, 5.41) is 3.39. The Hall–Kier alpha value is -4.11. The van der Waals surface area contributed by atoms with Gasteiger partial charge in [0.25, 0.3) is 0 Å². The summed E-state index contributed by atoms with van der Waals surface area (Å²) in [6.07, 6.45) is 7.67. The van der Waals surface area contributed by atoms with Crippen LogP contribution in [0, 0.1) is 11.8 Å². The van der Waals surface area contributed by atoms with Gasteiger partial charge in [-0.15, -0.1) is 0 Å². The van der Waals surface area contributed by atoms with Crippen LogP contribution in [0.15, 0.2) is 139 Å². The van der Waals surface area contributed by atoms with Crippen molar-refractivity contribution in [1.29, 1.82) is 0 Å². The van der Waals surface area contributed by atoms with Crippen LogP contribution in [0.1, 0.15) is 121 Å². The third-order valence-electron chi connectivity index (χ3n) is 14.1. The van der Waals surface area contributed by atoms with Crippen molar-refractivity contribution in [2.45, 2.75) is 87.4 Å². The Labute approximate surface area is 358 Å². The first-order chi connectivity index (χ1) is 28.2. The standard InChI is InChI=1S/2C22H25.C12H9Si.Hf/c2*1-5-16(4)19-10-6-7-11-20(19)21-12-8-9-17-13-18(15(2)3)14-22(17)21;1-3-7-11-9(5-1)10-6-2-4-8-12(10)13-11;/h2*6-16H,5H2,1-4H3;1-7H,13H2;. The van der Waals surface area contributed by atoms with Gasteiger partial charge < -0.3 is 0 Å². The first kappa shape index (κ1) is 39.4. The van der Waals surface area contributed by atoms with Gasteiger partial charge >= 0.3 is 361 Å². The molecule has 6 aromatic rings. The zero-order valence-electron chi connectivity index (χ0n) is 35.9. The van der Waals surface area contributed by atoms with Crippen LogP contribution in [0.4, 0.5) is 0 Å². The molecular weight excluding hydrogens is 879 g/mol. The molecule has 4 unspecified atom stereocenters. The fraction of sp³-hybridized carbons (Fsp3) is 0.286. The van der Waals surface area contributed by atoms with Gasteiger partial charge in [-0.05, 0) is 0 Å². The number of hydrogen-bond donors (Lipinski definition) is 0. The van der Waals surface area contributed by atoms with Crippen molar-refractivity contribution in [2.24, 2.45) is 11.8 Å². The maximum atomic E-state index is 2.70. The Morgan fingerprint density at radius 1 is 0.466 bits per heavy atom. The summed E-state index contributed by atoms with van der Waals surface area (Å²) < 4.78 is 2.73. The average Bonchev–Trinajstić information content (AvgIpc) is 3.96. The average molecular weight is 939 g/mol. The Balaban J connectivity index is 1.31. The van der Waals surface area contributed by atoms with Gasteiger partial charge in [0.2, 0.25) is 0 Å². The van der Waals surface area contributed by atoms with Crippen LogP contribution in [0.5, 0.6) is 0 Å². The van der Waals surface area contributed by atoms with Crippen LogP contribution in [0.2, 0.25) is 0 Å². The molecule has 0 spiro atoms. The van der Waals surface area contributed by atoms with Crippen molar-refractivity contribution >= 4 is 35.4 Å². The Bertz CT molecular complexity index is 2450. The van der Waals surface area contributed by atoms with Gasteiger partial charge in [0.05, 0.1) is 0 Å². The van der Waals surface area contributed by atoms with E-state index in [-0.39, 0.29) is 0 Å². The van der Waals surface area contributed by atoms with Gasteiger partial charge in [-0.25, -0.2) is 0 Å². The molecule has 0 fully saturated rings. The van der Waals surface area contributed by atoms with Crippen LogP contribution >= 0.6 is 0 Å². The minimum atomic E-state index is -3.17. The molecule has 291 valence electrons. The molecule has 0 radical (unpaired) electrons. The van der Waals surface area contributed by atoms with E-state index in [1.54, 1.807) is 36.0 Å². The Kier molecular flexibility index (Phi) is 11.0. The summed E-state index contributed by atoms with van der Waals surface area (Å²) in [5.41, 5.74) is 21.2. The molecular formula is C56H59HfSi. The molecule has 1 heterocycles. The SMILES string of the molecule is CCC(C)c1ccccc1-c1cccc2c1C=C(C(C)C)[CH]2[Hf]([c]1cccc2c1[SiH2]c1ccccc1-2)[CH]1C(C(C)C)=Cc2c(-c3ccccc3C(C)CC)cccc21. The first-order valence-electron chi connectivity index (χ1n) is 22.2. The molecule has 0 amide bonds. The molecule has 2 heteroatoms. The van der Waals surface area contributed by atoms with E-state index in [4.69, 9.17) is 0 Å². The van der Waals surface area contributed by atoms with Crippen molar-refractivity contribution in [3.8, 4) is 33.4 Å². The molecule has 9 rings (SSSR count). The Morgan fingerprint density at radius 2 is 0.897 bits per heavy atom. The van der Waals surface area contributed by atoms with Gasteiger partial charge in [0.1, 0.15) is 0 Å². The molecule has 3 aliphatic rings. The van der Waals surface area contributed by atoms with Crippen molar-refractivity contribution < 1.29 is 21.4 Å². The van der Waals surface area contributed by atoms with E-state index >= 15 is 0 Å². The third-order valence-corrected chi connectivity index (χ3v) is 30.5. The molecule has 0 aromatic heterocycles. The van der Waals surface area contributed by atoms with Gasteiger partial charge in [-0.2, -0.15) is 0 Å². The molecule has 1 aliphatic heterocycles. The molecule has 0 saturated carbocycles. The summed E-state index contributed by atoms with van der Waals surface area (Å²) in [6.45, 7) is 19.4. The van der Waals surface area contributed by atoms with Gasteiger partial charge in [0, 0.05) is 0 Å². The van der Waals surface area contributed by atoms with Gasteiger partial charge in [-0.1, -0.05) is 0 Å². The molecule has 0 bridgehead atoms. The number of allylic oxidation sites excluding steroid dienone is 2. The fourth-order valence-electron chi connectivity index (χ4n) is 10.7. The number of benzene rings is 6. The number of fused-ring (bicyclic) bond motifs is 5. The topological polar surface area (TPSA) is 0 Å². The van der Waals surface area contributed by atoms with Crippen LogP contribution < -0.4 is 13.7 Å². The molecule has 6 aromatic carbocycles. The molecule has 0 N–H and O–H groups in total. The second kappa shape index (κ2) is 16.2. The van der Waals surface area contributed by atoms with E-state index in [1.807, 2.05) is 0 Å². The first-order valence-corrected chi connectivity index (χ1v) is 29.5. The summed E-state index contributed by atoms with van der Waals surface area (Å²) >= 11 is -3.17. The van der Waals surface area contributed by atoms with Crippen molar-refractivity contribution in [2.75, 3.05) is 0 Å². The van der Waals surface area contributed by atoms with E-state index in [1.165, 1.54) is 55.6 Å². The summed E-state index contributed by atoms with van der Waals surface area (Å²) in [7, 11) is -0.629. The predicted molar refractivity (Wildman–Crippen MR) is 252 cm³/mol. The van der Waals surface area contributed by atoms with Crippen molar-refractivity contribution in [1.82, 2.24) is 0 Å². The number of rotatable bonds is 11. The van der Waals surface area contributed by atoms with Crippen LogP contribution in [-0.2, 0) is 21.4 Å². The van der Waals surface area contributed by atoms with E-state index in [0.29, 0.717) is 31.0 Å². The van der Waals surface area contributed by atoms with Crippen LogP contribution in [-0.4, -0.2) is 9.52 Å². The normalized spacial score (nSPS) is 17.8. The fourth-order valence-corrected chi connectivity index (χ4v) is 31.3. The quantitative estimate of drug-likeness (QED) is 0.113. The zero-order valence-corrected chi connectivity index (χ0v) is 40.9.